The molecule has 2 nitrogen and oxygen atoms in total. The zero-order valence-electron chi connectivity index (χ0n) is 13.8. The van der Waals surface area contributed by atoms with Crippen molar-refractivity contribution in [1.29, 1.82) is 0 Å². The number of nitrogens with one attached hydrogen (secondary N) is 1. The van der Waals surface area contributed by atoms with Crippen LogP contribution in [0.2, 0.25) is 0 Å². The van der Waals surface area contributed by atoms with Crippen molar-refractivity contribution in [3.63, 3.8) is 0 Å². The Morgan fingerprint density at radius 3 is 2.48 bits per heavy atom. The number of carbonyl (C=O) groups is 1. The van der Waals surface area contributed by atoms with Crippen molar-refractivity contribution in [2.45, 2.75) is 17.6 Å². The average molecular weight is 412 g/mol. The molecule has 0 fully saturated rings. The minimum absolute atomic E-state index is 0.0853. The van der Waals surface area contributed by atoms with Gasteiger partial charge in [0.25, 0.3) is 5.91 Å². The lowest BCUT2D eigenvalue weighted by atomic mass is 10.2. The van der Waals surface area contributed by atoms with Crippen LogP contribution in [0.1, 0.15) is 21.5 Å². The summed E-state index contributed by atoms with van der Waals surface area (Å²) >= 11 is 5.16. The maximum atomic E-state index is 12.7. The van der Waals surface area contributed by atoms with Gasteiger partial charge in [-0.1, -0.05) is 58.4 Å². The molecular formula is C21H18BrNOS. The molecule has 0 saturated heterocycles. The number of aryl methyl sites for hydroxylation is 1. The highest BCUT2D eigenvalue weighted by atomic mass is 79.9. The fraction of sp³-hybridized carbons (Fsp3) is 0.0952. The highest BCUT2D eigenvalue weighted by Gasteiger charge is 2.12. The van der Waals surface area contributed by atoms with Crippen LogP contribution in [0, 0.1) is 6.92 Å². The summed E-state index contributed by atoms with van der Waals surface area (Å²) in [6, 6.07) is 23.8. The Morgan fingerprint density at radius 1 is 1.00 bits per heavy atom. The lowest BCUT2D eigenvalue weighted by Gasteiger charge is -2.11. The molecule has 0 bridgehead atoms. The molecule has 0 saturated carbocycles. The highest BCUT2D eigenvalue weighted by molar-refractivity contribution is 9.10. The summed E-state index contributed by atoms with van der Waals surface area (Å²) in [5, 5.41) is 2.99. The average Bonchev–Trinajstić information content (AvgIpc) is 2.64. The normalized spacial score (nSPS) is 10.5. The van der Waals surface area contributed by atoms with E-state index in [1.54, 1.807) is 11.8 Å². The van der Waals surface area contributed by atoms with E-state index < -0.39 is 0 Å². The Kier molecular flexibility index (Phi) is 5.95. The topological polar surface area (TPSA) is 29.1 Å². The van der Waals surface area contributed by atoms with Gasteiger partial charge >= 0.3 is 0 Å². The molecule has 0 aromatic heterocycles. The maximum Gasteiger partial charge on any atom is 0.256 e. The van der Waals surface area contributed by atoms with E-state index in [9.17, 15) is 4.79 Å². The number of amides is 1. The van der Waals surface area contributed by atoms with Gasteiger partial charge in [0, 0.05) is 20.8 Å². The Morgan fingerprint density at radius 2 is 1.72 bits per heavy atom. The Hall–Kier alpha value is -2.04. The number of thioether (sulfide) groups is 1. The van der Waals surface area contributed by atoms with Crippen molar-refractivity contribution >= 4 is 39.3 Å². The molecule has 0 unspecified atom stereocenters. The van der Waals surface area contributed by atoms with E-state index >= 15 is 0 Å². The molecule has 3 aromatic rings. The molecule has 0 atom stereocenters. The van der Waals surface area contributed by atoms with E-state index in [4.69, 9.17) is 0 Å². The third-order valence-corrected chi connectivity index (χ3v) is 5.82. The summed E-state index contributed by atoms with van der Waals surface area (Å²) in [5.41, 5.74) is 3.83. The zero-order chi connectivity index (χ0) is 17.6. The molecule has 1 N–H and O–H groups in total. The van der Waals surface area contributed by atoms with Gasteiger partial charge in [0.2, 0.25) is 0 Å². The van der Waals surface area contributed by atoms with Crippen LogP contribution in [0.15, 0.2) is 82.2 Å². The number of hydrogen-bond donors (Lipinski definition) is 1. The second-order valence-electron chi connectivity index (χ2n) is 5.69. The van der Waals surface area contributed by atoms with Crippen LogP contribution in [0.4, 0.5) is 5.69 Å². The molecule has 3 aromatic carbocycles. The van der Waals surface area contributed by atoms with Crippen molar-refractivity contribution in [1.82, 2.24) is 0 Å². The molecule has 0 aliphatic carbocycles. The van der Waals surface area contributed by atoms with Crippen LogP contribution in [0.25, 0.3) is 0 Å². The van der Waals surface area contributed by atoms with Crippen molar-refractivity contribution in [2.75, 3.05) is 5.32 Å². The first kappa shape index (κ1) is 17.8. The van der Waals surface area contributed by atoms with Crippen molar-refractivity contribution in [3.8, 4) is 0 Å². The van der Waals surface area contributed by atoms with E-state index in [0.29, 0.717) is 5.56 Å². The third-order valence-electron chi connectivity index (χ3n) is 3.78. The molecular weight excluding hydrogens is 394 g/mol. The standard InChI is InChI=1S/C21H18BrNOS/c1-15-13-17(11-12-19(15)22)23-21(24)18-9-5-6-10-20(18)25-14-16-7-3-2-4-8-16/h2-13H,14H2,1H3,(H,23,24). The molecule has 0 aliphatic heterocycles. The molecule has 0 spiro atoms. The summed E-state index contributed by atoms with van der Waals surface area (Å²) < 4.78 is 1.03. The zero-order valence-corrected chi connectivity index (χ0v) is 16.2. The summed E-state index contributed by atoms with van der Waals surface area (Å²) in [4.78, 5) is 13.7. The minimum atomic E-state index is -0.0853. The Labute approximate surface area is 160 Å². The largest absolute Gasteiger partial charge is 0.322 e. The van der Waals surface area contributed by atoms with Gasteiger partial charge in [-0.25, -0.2) is 0 Å². The molecule has 0 heterocycles. The summed E-state index contributed by atoms with van der Waals surface area (Å²) in [5.74, 6) is 0.751. The fourth-order valence-corrected chi connectivity index (χ4v) is 3.69. The van der Waals surface area contributed by atoms with Crippen molar-refractivity contribution in [2.24, 2.45) is 0 Å². The van der Waals surface area contributed by atoms with Crippen LogP contribution in [0.5, 0.6) is 0 Å². The summed E-state index contributed by atoms with van der Waals surface area (Å²) in [6.07, 6.45) is 0. The van der Waals surface area contributed by atoms with Gasteiger partial charge in [-0.2, -0.15) is 0 Å². The van der Waals surface area contributed by atoms with Gasteiger partial charge < -0.3 is 5.32 Å². The van der Waals surface area contributed by atoms with E-state index in [1.807, 2.05) is 67.6 Å². The molecule has 3 rings (SSSR count). The number of anilines is 1. The van der Waals surface area contributed by atoms with Crippen LogP contribution in [-0.4, -0.2) is 5.91 Å². The van der Waals surface area contributed by atoms with Crippen LogP contribution >= 0.6 is 27.7 Å². The van der Waals surface area contributed by atoms with Crippen LogP contribution < -0.4 is 5.32 Å². The predicted molar refractivity (Wildman–Crippen MR) is 109 cm³/mol. The number of carbonyl (C=O) groups excluding carboxylic acids is 1. The summed E-state index contributed by atoms with van der Waals surface area (Å²) in [7, 11) is 0. The molecule has 25 heavy (non-hydrogen) atoms. The van der Waals surface area contributed by atoms with Crippen LogP contribution in [-0.2, 0) is 5.75 Å². The quantitative estimate of drug-likeness (QED) is 0.498. The van der Waals surface area contributed by atoms with Gasteiger partial charge in [0.1, 0.15) is 0 Å². The van der Waals surface area contributed by atoms with Crippen LogP contribution in [0.3, 0.4) is 0 Å². The first-order chi connectivity index (χ1) is 12.1. The maximum absolute atomic E-state index is 12.7. The lowest BCUT2D eigenvalue weighted by Crippen LogP contribution is -2.13. The number of rotatable bonds is 5. The number of halogens is 1. The van der Waals surface area contributed by atoms with Gasteiger partial charge in [0.15, 0.2) is 0 Å². The molecule has 126 valence electrons. The highest BCUT2D eigenvalue weighted by Crippen LogP contribution is 2.27. The Balaban J connectivity index is 1.75. The first-order valence-electron chi connectivity index (χ1n) is 7.97. The monoisotopic (exact) mass is 411 g/mol. The first-order valence-corrected chi connectivity index (χ1v) is 9.74. The van der Waals surface area contributed by atoms with Gasteiger partial charge in [0.05, 0.1) is 5.56 Å². The Bertz CT molecular complexity index is 880. The van der Waals surface area contributed by atoms with Gasteiger partial charge in [-0.15, -0.1) is 11.8 Å². The second-order valence-corrected chi connectivity index (χ2v) is 7.56. The van der Waals surface area contributed by atoms with Crippen molar-refractivity contribution < 1.29 is 4.79 Å². The smallest absolute Gasteiger partial charge is 0.256 e. The number of hydrogen-bond acceptors (Lipinski definition) is 2. The minimum Gasteiger partial charge on any atom is -0.322 e. The molecule has 0 radical (unpaired) electrons. The van der Waals surface area contributed by atoms with E-state index in [1.165, 1.54) is 5.56 Å². The SMILES string of the molecule is Cc1cc(NC(=O)c2ccccc2SCc2ccccc2)ccc1Br. The van der Waals surface area contributed by atoms with E-state index in [-0.39, 0.29) is 5.91 Å². The third kappa shape index (κ3) is 4.74. The second kappa shape index (κ2) is 8.37. The number of benzene rings is 3. The van der Waals surface area contributed by atoms with Crippen molar-refractivity contribution in [3.05, 3.63) is 94.0 Å². The fourth-order valence-electron chi connectivity index (χ4n) is 2.44. The molecule has 1 amide bonds. The van der Waals surface area contributed by atoms with Gasteiger partial charge in [-0.05, 0) is 48.4 Å². The lowest BCUT2D eigenvalue weighted by molar-refractivity contribution is 0.102. The van der Waals surface area contributed by atoms with Gasteiger partial charge in [-0.3, -0.25) is 4.79 Å². The van der Waals surface area contributed by atoms with E-state index in [2.05, 4.69) is 33.4 Å². The molecule has 4 heteroatoms. The molecule has 0 aliphatic rings. The summed E-state index contributed by atoms with van der Waals surface area (Å²) in [6.45, 7) is 2.00. The predicted octanol–water partition coefficient (Wildman–Crippen LogP) is 6.30. The van der Waals surface area contributed by atoms with E-state index in [0.717, 1.165) is 26.4 Å².